The van der Waals surface area contributed by atoms with Gasteiger partial charge in [0.25, 0.3) is 0 Å². The van der Waals surface area contributed by atoms with Crippen molar-refractivity contribution in [2.75, 3.05) is 18.0 Å². The van der Waals surface area contributed by atoms with E-state index < -0.39 is 0 Å². The Kier molecular flexibility index (Phi) is 5.66. The van der Waals surface area contributed by atoms with Crippen LogP contribution < -0.4 is 4.90 Å². The maximum atomic E-state index is 4.13. The summed E-state index contributed by atoms with van der Waals surface area (Å²) in [7, 11) is 0. The molecule has 1 N–H and O–H groups in total. The number of rotatable bonds is 7. The minimum atomic E-state index is 0.617. The number of aromatic nitrogens is 4. The van der Waals surface area contributed by atoms with E-state index in [9.17, 15) is 0 Å². The van der Waals surface area contributed by atoms with E-state index in [4.69, 9.17) is 0 Å². The van der Waals surface area contributed by atoms with Gasteiger partial charge in [-0.3, -0.25) is 0 Å². The minimum absolute atomic E-state index is 0.617. The summed E-state index contributed by atoms with van der Waals surface area (Å²) in [5.41, 5.74) is 4.52. The van der Waals surface area contributed by atoms with E-state index in [1.54, 1.807) is 0 Å². The quantitative estimate of drug-likeness (QED) is 0.674. The maximum Gasteiger partial charge on any atom is 0.205 e. The summed E-state index contributed by atoms with van der Waals surface area (Å²) in [5, 5.41) is 14.5. The van der Waals surface area contributed by atoms with Crippen molar-refractivity contribution in [3.8, 4) is 22.5 Å². The summed E-state index contributed by atoms with van der Waals surface area (Å²) in [4.78, 5) is 2.48. The van der Waals surface area contributed by atoms with Crippen LogP contribution in [-0.4, -0.2) is 33.7 Å². The molecule has 0 atom stereocenters. The molecule has 5 nitrogen and oxygen atoms in total. The van der Waals surface area contributed by atoms with Crippen molar-refractivity contribution in [1.29, 1.82) is 0 Å². The van der Waals surface area contributed by atoms with E-state index in [-0.39, 0.29) is 0 Å². The second kappa shape index (κ2) is 8.13. The molecule has 2 aromatic carbocycles. The van der Waals surface area contributed by atoms with Crippen LogP contribution in [0.3, 0.4) is 0 Å². The fraction of sp³-hybridized carbons (Fsp3) is 0.381. The van der Waals surface area contributed by atoms with Crippen LogP contribution in [0.25, 0.3) is 22.5 Å². The summed E-state index contributed by atoms with van der Waals surface area (Å²) in [6.45, 7) is 11.2. The molecule has 0 bridgehead atoms. The molecule has 0 spiro atoms. The number of tetrazole rings is 1. The molecule has 0 saturated heterocycles. The van der Waals surface area contributed by atoms with Crippen LogP contribution in [0.1, 0.15) is 27.7 Å². The summed E-state index contributed by atoms with van der Waals surface area (Å²) in [6, 6.07) is 17.0. The van der Waals surface area contributed by atoms with Crippen LogP contribution in [0.5, 0.6) is 0 Å². The molecule has 0 aliphatic rings. The topological polar surface area (TPSA) is 57.7 Å². The highest BCUT2D eigenvalue weighted by Crippen LogP contribution is 2.31. The molecule has 0 fully saturated rings. The van der Waals surface area contributed by atoms with Gasteiger partial charge in [0.2, 0.25) is 5.82 Å². The van der Waals surface area contributed by atoms with Gasteiger partial charge in [-0.05, 0) is 40.3 Å². The zero-order valence-electron chi connectivity index (χ0n) is 16.0. The van der Waals surface area contributed by atoms with Gasteiger partial charge in [0.1, 0.15) is 0 Å². The molecule has 136 valence electrons. The SMILES string of the molecule is CC(C)CN(CC(C)C)c1ccc(-c2ccccc2-c2nn[nH]n2)cc1. The van der Waals surface area contributed by atoms with Crippen molar-refractivity contribution in [1.82, 2.24) is 20.6 Å². The standard InChI is InChI=1S/C21H27N5/c1-15(2)13-26(14-16(3)4)18-11-9-17(10-12-18)19-7-5-6-8-20(19)21-22-24-25-23-21/h5-12,15-16H,13-14H2,1-4H3,(H,22,23,24,25). The Hall–Kier alpha value is -2.69. The lowest BCUT2D eigenvalue weighted by molar-refractivity contribution is 0.553. The maximum absolute atomic E-state index is 4.13. The Morgan fingerprint density at radius 2 is 1.46 bits per heavy atom. The fourth-order valence-electron chi connectivity index (χ4n) is 3.22. The van der Waals surface area contributed by atoms with E-state index in [0.717, 1.165) is 29.8 Å². The van der Waals surface area contributed by atoms with Crippen molar-refractivity contribution in [3.05, 3.63) is 48.5 Å². The van der Waals surface area contributed by atoms with Crippen molar-refractivity contribution in [2.45, 2.75) is 27.7 Å². The van der Waals surface area contributed by atoms with Gasteiger partial charge in [0, 0.05) is 24.3 Å². The lowest BCUT2D eigenvalue weighted by Gasteiger charge is -2.28. The molecule has 0 aliphatic carbocycles. The predicted octanol–water partition coefficient (Wildman–Crippen LogP) is 4.65. The zero-order valence-corrected chi connectivity index (χ0v) is 16.0. The molecular weight excluding hydrogens is 322 g/mol. The summed E-state index contributed by atoms with van der Waals surface area (Å²) < 4.78 is 0. The van der Waals surface area contributed by atoms with Crippen molar-refractivity contribution < 1.29 is 0 Å². The molecule has 1 aromatic heterocycles. The van der Waals surface area contributed by atoms with E-state index in [0.29, 0.717) is 17.7 Å². The second-order valence-electron chi connectivity index (χ2n) is 7.52. The predicted molar refractivity (Wildman–Crippen MR) is 107 cm³/mol. The van der Waals surface area contributed by atoms with Crippen LogP contribution >= 0.6 is 0 Å². The van der Waals surface area contributed by atoms with Gasteiger partial charge >= 0.3 is 0 Å². The third-order valence-electron chi connectivity index (χ3n) is 4.23. The van der Waals surface area contributed by atoms with E-state index in [1.807, 2.05) is 18.2 Å². The third-order valence-corrected chi connectivity index (χ3v) is 4.23. The molecule has 0 saturated carbocycles. The van der Waals surface area contributed by atoms with E-state index in [1.165, 1.54) is 5.69 Å². The van der Waals surface area contributed by atoms with Crippen LogP contribution in [0, 0.1) is 11.8 Å². The average Bonchev–Trinajstić information content (AvgIpc) is 3.15. The van der Waals surface area contributed by atoms with Crippen LogP contribution in [-0.2, 0) is 0 Å². The summed E-state index contributed by atoms with van der Waals surface area (Å²) >= 11 is 0. The number of hydrogen-bond donors (Lipinski definition) is 1. The number of anilines is 1. The number of nitrogens with zero attached hydrogens (tertiary/aromatic N) is 4. The molecule has 0 unspecified atom stereocenters. The van der Waals surface area contributed by atoms with Gasteiger partial charge < -0.3 is 4.90 Å². The van der Waals surface area contributed by atoms with Gasteiger partial charge in [-0.25, -0.2) is 0 Å². The lowest BCUT2D eigenvalue weighted by Crippen LogP contribution is -2.31. The Labute approximate surface area is 155 Å². The number of benzene rings is 2. The van der Waals surface area contributed by atoms with Gasteiger partial charge in [-0.1, -0.05) is 64.1 Å². The highest BCUT2D eigenvalue weighted by Gasteiger charge is 2.13. The molecule has 0 aliphatic heterocycles. The molecule has 26 heavy (non-hydrogen) atoms. The lowest BCUT2D eigenvalue weighted by atomic mass is 9.99. The van der Waals surface area contributed by atoms with Gasteiger partial charge in [-0.15, -0.1) is 10.2 Å². The van der Waals surface area contributed by atoms with E-state index >= 15 is 0 Å². The smallest absolute Gasteiger partial charge is 0.205 e. The van der Waals surface area contributed by atoms with E-state index in [2.05, 4.69) is 83.6 Å². The first kappa shape index (κ1) is 18.1. The van der Waals surface area contributed by atoms with Crippen LogP contribution in [0.15, 0.2) is 48.5 Å². The van der Waals surface area contributed by atoms with Crippen molar-refractivity contribution in [2.24, 2.45) is 11.8 Å². The Morgan fingerprint density at radius 1 is 0.846 bits per heavy atom. The van der Waals surface area contributed by atoms with Gasteiger partial charge in [0.15, 0.2) is 0 Å². The fourth-order valence-corrected chi connectivity index (χ4v) is 3.22. The molecule has 0 radical (unpaired) electrons. The first-order valence-corrected chi connectivity index (χ1v) is 9.23. The highest BCUT2D eigenvalue weighted by molar-refractivity contribution is 5.80. The molecule has 3 aromatic rings. The first-order chi connectivity index (χ1) is 12.5. The molecule has 5 heteroatoms. The van der Waals surface area contributed by atoms with Crippen molar-refractivity contribution >= 4 is 5.69 Å². The summed E-state index contributed by atoms with van der Waals surface area (Å²) in [5.74, 6) is 1.88. The molecular formula is C21H27N5. The zero-order chi connectivity index (χ0) is 18.5. The molecule has 0 amide bonds. The highest BCUT2D eigenvalue weighted by atomic mass is 15.5. The van der Waals surface area contributed by atoms with Gasteiger partial charge in [0.05, 0.1) is 0 Å². The number of H-pyrrole nitrogens is 1. The minimum Gasteiger partial charge on any atom is -0.371 e. The molecule has 3 rings (SSSR count). The average molecular weight is 349 g/mol. The van der Waals surface area contributed by atoms with Crippen LogP contribution in [0.4, 0.5) is 5.69 Å². The second-order valence-corrected chi connectivity index (χ2v) is 7.52. The Bertz CT molecular complexity index is 797. The summed E-state index contributed by atoms with van der Waals surface area (Å²) in [6.07, 6.45) is 0. The molecule has 1 heterocycles. The first-order valence-electron chi connectivity index (χ1n) is 9.23. The monoisotopic (exact) mass is 349 g/mol. The Morgan fingerprint density at radius 3 is 2.00 bits per heavy atom. The normalized spacial score (nSPS) is 11.3. The van der Waals surface area contributed by atoms with Crippen LogP contribution in [0.2, 0.25) is 0 Å². The number of hydrogen-bond acceptors (Lipinski definition) is 4. The van der Waals surface area contributed by atoms with Crippen molar-refractivity contribution in [3.63, 3.8) is 0 Å². The third kappa shape index (κ3) is 4.28. The van der Waals surface area contributed by atoms with Gasteiger partial charge in [-0.2, -0.15) is 5.21 Å². The Balaban J connectivity index is 1.90. The number of nitrogens with one attached hydrogen (secondary N) is 1. The largest absolute Gasteiger partial charge is 0.371 e. The number of aromatic amines is 1.